The summed E-state index contributed by atoms with van der Waals surface area (Å²) in [5.74, 6) is -2.14. The lowest BCUT2D eigenvalue weighted by Gasteiger charge is -2.15. The van der Waals surface area contributed by atoms with Crippen LogP contribution in [0.1, 0.15) is 23.2 Å². The summed E-state index contributed by atoms with van der Waals surface area (Å²) in [6.07, 6.45) is 2.75. The molecule has 0 radical (unpaired) electrons. The molecule has 25 heavy (non-hydrogen) atoms. The predicted octanol–water partition coefficient (Wildman–Crippen LogP) is 2.14. The van der Waals surface area contributed by atoms with Crippen molar-refractivity contribution in [1.29, 1.82) is 0 Å². The highest BCUT2D eigenvalue weighted by Crippen LogP contribution is 2.26. The number of hydrogen-bond donors (Lipinski definition) is 0. The standard InChI is InChI=1S/C17H17F2N3O3/c1-21-10-13(16(20-21)12-5-4-11(18)9-14(12)19)17(24)25-8-7-22-6-2-3-15(22)23/h4-5,9-10H,2-3,6-8H2,1H3. The average molecular weight is 349 g/mol. The van der Waals surface area contributed by atoms with Crippen molar-refractivity contribution < 1.29 is 23.1 Å². The van der Waals surface area contributed by atoms with Gasteiger partial charge < -0.3 is 9.64 Å². The molecule has 0 saturated carbocycles. The van der Waals surface area contributed by atoms with Crippen molar-refractivity contribution >= 4 is 11.9 Å². The molecule has 0 unspecified atom stereocenters. The van der Waals surface area contributed by atoms with E-state index in [-0.39, 0.29) is 29.3 Å². The van der Waals surface area contributed by atoms with Gasteiger partial charge in [0.15, 0.2) is 0 Å². The van der Waals surface area contributed by atoms with Crippen molar-refractivity contribution in [3.63, 3.8) is 0 Å². The Morgan fingerprint density at radius 2 is 2.16 bits per heavy atom. The third-order valence-electron chi connectivity index (χ3n) is 4.00. The SMILES string of the molecule is Cn1cc(C(=O)OCCN2CCCC2=O)c(-c2ccc(F)cc2F)n1. The van der Waals surface area contributed by atoms with Gasteiger partial charge in [0.2, 0.25) is 5.91 Å². The molecule has 1 aromatic carbocycles. The van der Waals surface area contributed by atoms with Crippen LogP contribution < -0.4 is 0 Å². The monoisotopic (exact) mass is 349 g/mol. The minimum atomic E-state index is -0.810. The van der Waals surface area contributed by atoms with E-state index in [1.54, 1.807) is 11.9 Å². The lowest BCUT2D eigenvalue weighted by Crippen LogP contribution is -2.29. The van der Waals surface area contributed by atoms with E-state index in [0.29, 0.717) is 19.5 Å². The number of carbonyl (C=O) groups is 2. The number of benzene rings is 1. The number of amides is 1. The van der Waals surface area contributed by atoms with Crippen molar-refractivity contribution in [2.45, 2.75) is 12.8 Å². The minimum Gasteiger partial charge on any atom is -0.460 e. The van der Waals surface area contributed by atoms with Gasteiger partial charge in [-0.2, -0.15) is 5.10 Å². The van der Waals surface area contributed by atoms with Crippen LogP contribution in [0.15, 0.2) is 24.4 Å². The Bertz CT molecular complexity index is 819. The smallest absolute Gasteiger partial charge is 0.342 e. The molecule has 132 valence electrons. The Labute approximate surface area is 143 Å². The van der Waals surface area contributed by atoms with Crippen LogP contribution >= 0.6 is 0 Å². The number of carbonyl (C=O) groups excluding carboxylic acids is 2. The fourth-order valence-corrected chi connectivity index (χ4v) is 2.79. The molecule has 1 aromatic heterocycles. The molecule has 1 aliphatic heterocycles. The summed E-state index contributed by atoms with van der Waals surface area (Å²) in [6, 6.07) is 3.06. The Hall–Kier alpha value is -2.77. The molecule has 3 rings (SSSR count). The number of halogens is 2. The molecule has 0 atom stereocenters. The Morgan fingerprint density at radius 1 is 1.36 bits per heavy atom. The first kappa shape index (κ1) is 17.1. The zero-order valence-corrected chi connectivity index (χ0v) is 13.7. The highest BCUT2D eigenvalue weighted by Gasteiger charge is 2.23. The van der Waals surface area contributed by atoms with Crippen molar-refractivity contribution in [1.82, 2.24) is 14.7 Å². The number of esters is 1. The average Bonchev–Trinajstić information content (AvgIpc) is 3.13. The zero-order valence-electron chi connectivity index (χ0n) is 13.7. The molecule has 0 spiro atoms. The van der Waals surface area contributed by atoms with Crippen molar-refractivity contribution in [3.05, 3.63) is 41.6 Å². The molecule has 0 aliphatic carbocycles. The molecule has 8 heteroatoms. The summed E-state index contributed by atoms with van der Waals surface area (Å²) in [7, 11) is 1.59. The summed E-state index contributed by atoms with van der Waals surface area (Å²) in [5.41, 5.74) is 0.187. The molecule has 1 amide bonds. The van der Waals surface area contributed by atoms with E-state index < -0.39 is 17.6 Å². The van der Waals surface area contributed by atoms with Crippen LogP contribution in [0.25, 0.3) is 11.3 Å². The normalized spacial score (nSPS) is 14.2. The molecule has 1 fully saturated rings. The van der Waals surface area contributed by atoms with Gasteiger partial charge in [0.25, 0.3) is 0 Å². The molecule has 1 aliphatic rings. The van der Waals surface area contributed by atoms with Crippen molar-refractivity contribution in [2.75, 3.05) is 19.7 Å². The second-order valence-corrected chi connectivity index (χ2v) is 5.81. The molecule has 2 heterocycles. The summed E-state index contributed by atoms with van der Waals surface area (Å²) < 4.78 is 33.6. The summed E-state index contributed by atoms with van der Waals surface area (Å²) in [4.78, 5) is 25.5. The van der Waals surface area contributed by atoms with Crippen LogP contribution in [0.2, 0.25) is 0 Å². The molecule has 2 aromatic rings. The molecule has 0 N–H and O–H groups in total. The van der Waals surface area contributed by atoms with Crippen LogP contribution in [-0.4, -0.2) is 46.3 Å². The van der Waals surface area contributed by atoms with Crippen LogP contribution in [0.5, 0.6) is 0 Å². The Kier molecular flexibility index (Phi) is 4.78. The lowest BCUT2D eigenvalue weighted by molar-refractivity contribution is -0.128. The van der Waals surface area contributed by atoms with Gasteiger partial charge in [-0.1, -0.05) is 0 Å². The van der Waals surface area contributed by atoms with E-state index in [1.807, 2.05) is 0 Å². The van der Waals surface area contributed by atoms with E-state index >= 15 is 0 Å². The van der Waals surface area contributed by atoms with Gasteiger partial charge in [0.1, 0.15) is 29.5 Å². The lowest BCUT2D eigenvalue weighted by atomic mass is 10.1. The highest BCUT2D eigenvalue weighted by molar-refractivity contribution is 5.96. The maximum absolute atomic E-state index is 14.0. The van der Waals surface area contributed by atoms with Gasteiger partial charge >= 0.3 is 5.97 Å². The van der Waals surface area contributed by atoms with Gasteiger partial charge in [0, 0.05) is 37.8 Å². The highest BCUT2D eigenvalue weighted by atomic mass is 19.1. The minimum absolute atomic E-state index is 0.0173. The topological polar surface area (TPSA) is 64.4 Å². The fraction of sp³-hybridized carbons (Fsp3) is 0.353. The van der Waals surface area contributed by atoms with Crippen LogP contribution in [0.4, 0.5) is 8.78 Å². The first-order valence-electron chi connectivity index (χ1n) is 7.89. The van der Waals surface area contributed by atoms with E-state index in [4.69, 9.17) is 4.74 Å². The van der Waals surface area contributed by atoms with Crippen LogP contribution in [0, 0.1) is 11.6 Å². The first-order valence-corrected chi connectivity index (χ1v) is 7.89. The zero-order chi connectivity index (χ0) is 18.0. The number of aryl methyl sites for hydroxylation is 1. The Morgan fingerprint density at radius 3 is 2.84 bits per heavy atom. The molecule has 1 saturated heterocycles. The van der Waals surface area contributed by atoms with E-state index in [2.05, 4.69) is 5.10 Å². The van der Waals surface area contributed by atoms with Gasteiger partial charge in [-0.05, 0) is 18.6 Å². The summed E-state index contributed by atoms with van der Waals surface area (Å²) in [5, 5.41) is 4.08. The number of hydrogen-bond acceptors (Lipinski definition) is 4. The molecular weight excluding hydrogens is 332 g/mol. The molecule has 0 bridgehead atoms. The molecule has 6 nitrogen and oxygen atoms in total. The number of ether oxygens (including phenoxy) is 1. The number of rotatable bonds is 5. The van der Waals surface area contributed by atoms with Gasteiger partial charge in [-0.25, -0.2) is 13.6 Å². The summed E-state index contributed by atoms with van der Waals surface area (Å²) >= 11 is 0. The van der Waals surface area contributed by atoms with Gasteiger partial charge in [-0.15, -0.1) is 0 Å². The number of nitrogens with zero attached hydrogens (tertiary/aromatic N) is 3. The van der Waals surface area contributed by atoms with Gasteiger partial charge in [-0.3, -0.25) is 9.48 Å². The van der Waals surface area contributed by atoms with Crippen molar-refractivity contribution in [3.8, 4) is 11.3 Å². The number of likely N-dealkylation sites (tertiary alicyclic amines) is 1. The maximum Gasteiger partial charge on any atom is 0.342 e. The fourth-order valence-electron chi connectivity index (χ4n) is 2.79. The van der Waals surface area contributed by atoms with Gasteiger partial charge in [0.05, 0.1) is 6.54 Å². The van der Waals surface area contributed by atoms with Crippen LogP contribution in [-0.2, 0) is 16.6 Å². The number of aromatic nitrogens is 2. The maximum atomic E-state index is 14.0. The van der Waals surface area contributed by atoms with Crippen LogP contribution in [0.3, 0.4) is 0 Å². The summed E-state index contributed by atoms with van der Waals surface area (Å²) in [6.45, 7) is 1.03. The van der Waals surface area contributed by atoms with E-state index in [0.717, 1.165) is 18.6 Å². The molecular formula is C17H17F2N3O3. The third-order valence-corrected chi connectivity index (χ3v) is 4.00. The largest absolute Gasteiger partial charge is 0.460 e. The quantitative estimate of drug-likeness (QED) is 0.776. The first-order chi connectivity index (χ1) is 12.0. The Balaban J connectivity index is 1.73. The van der Waals surface area contributed by atoms with E-state index in [1.165, 1.54) is 16.9 Å². The second-order valence-electron chi connectivity index (χ2n) is 5.81. The second kappa shape index (κ2) is 7.00. The third kappa shape index (κ3) is 3.67. The predicted molar refractivity (Wildman–Crippen MR) is 84.7 cm³/mol. The van der Waals surface area contributed by atoms with E-state index in [9.17, 15) is 18.4 Å². The van der Waals surface area contributed by atoms with Crippen molar-refractivity contribution in [2.24, 2.45) is 7.05 Å².